The molecule has 13 rings (SSSR count). The van der Waals surface area contributed by atoms with Crippen molar-refractivity contribution in [3.05, 3.63) is 266 Å². The summed E-state index contributed by atoms with van der Waals surface area (Å²) in [5.41, 5.74) is 16.6. The lowest BCUT2D eigenvalue weighted by atomic mass is 9.82. The zero-order chi connectivity index (χ0) is 46.1. The molecule has 0 saturated heterocycles. The van der Waals surface area contributed by atoms with Crippen LogP contribution in [0.15, 0.2) is 255 Å². The van der Waals surface area contributed by atoms with Crippen LogP contribution in [-0.4, -0.2) is 0 Å². The Kier molecular flexibility index (Phi) is 9.55. The van der Waals surface area contributed by atoms with Gasteiger partial charge in [-0.15, -0.1) is 0 Å². The third kappa shape index (κ3) is 6.95. The molecule has 2 heteroatoms. The van der Waals surface area contributed by atoms with Crippen LogP contribution in [0.2, 0.25) is 0 Å². The van der Waals surface area contributed by atoms with E-state index in [1.165, 1.54) is 87.6 Å². The Morgan fingerprint density at radius 3 is 1.01 bits per heavy atom. The molecule has 0 unspecified atom stereocenters. The maximum atomic E-state index is 2.44. The Balaban J connectivity index is 0.904. The summed E-state index contributed by atoms with van der Waals surface area (Å²) in [6.07, 6.45) is 0. The van der Waals surface area contributed by atoms with Crippen molar-refractivity contribution < 1.29 is 0 Å². The standard InChI is InChI=1S/C67H48N2/c1-67(2)65-43-57(68(55-35-25-45-13-3-5-17-51(45)41-55)53-31-27-49(28-32-53)61-23-11-19-47-15-7-9-21-59(47)61)37-39-63(65)64-40-38-58(44-66(64)67)69(56-36-26-46-14-4-6-18-52(46)42-56)54-33-29-50(30-34-54)62-24-12-20-48-16-8-10-22-60(48)62/h3-44H,1-2H3. The molecule has 69 heavy (non-hydrogen) atoms. The molecule has 0 radical (unpaired) electrons. The van der Waals surface area contributed by atoms with Crippen LogP contribution >= 0.6 is 0 Å². The van der Waals surface area contributed by atoms with Gasteiger partial charge in [-0.1, -0.05) is 196 Å². The number of hydrogen-bond donors (Lipinski definition) is 0. The zero-order valence-electron chi connectivity index (χ0n) is 38.6. The van der Waals surface area contributed by atoms with Gasteiger partial charge in [0.2, 0.25) is 0 Å². The summed E-state index contributed by atoms with van der Waals surface area (Å²) < 4.78 is 0. The summed E-state index contributed by atoms with van der Waals surface area (Å²) in [7, 11) is 0. The minimum absolute atomic E-state index is 0.281. The van der Waals surface area contributed by atoms with Crippen LogP contribution in [0.4, 0.5) is 34.1 Å². The van der Waals surface area contributed by atoms with E-state index in [-0.39, 0.29) is 5.41 Å². The highest BCUT2D eigenvalue weighted by Crippen LogP contribution is 2.53. The van der Waals surface area contributed by atoms with Crippen LogP contribution in [-0.2, 0) is 5.41 Å². The Morgan fingerprint density at radius 2 is 0.580 bits per heavy atom. The predicted octanol–water partition coefficient (Wildman–Crippen LogP) is 18.9. The second-order valence-electron chi connectivity index (χ2n) is 19.0. The van der Waals surface area contributed by atoms with Crippen molar-refractivity contribution in [2.45, 2.75) is 19.3 Å². The van der Waals surface area contributed by atoms with Crippen LogP contribution in [0.5, 0.6) is 0 Å². The predicted molar refractivity (Wildman–Crippen MR) is 294 cm³/mol. The third-order valence-corrected chi connectivity index (χ3v) is 14.6. The van der Waals surface area contributed by atoms with Crippen molar-refractivity contribution in [1.29, 1.82) is 0 Å². The molecule has 0 aliphatic heterocycles. The van der Waals surface area contributed by atoms with E-state index < -0.39 is 0 Å². The maximum absolute atomic E-state index is 2.44. The molecule has 0 N–H and O–H groups in total. The summed E-state index contributed by atoms with van der Waals surface area (Å²) >= 11 is 0. The van der Waals surface area contributed by atoms with Gasteiger partial charge in [-0.2, -0.15) is 0 Å². The fraction of sp³-hybridized carbons (Fsp3) is 0.0448. The van der Waals surface area contributed by atoms with Crippen molar-refractivity contribution in [3.8, 4) is 33.4 Å². The molecule has 12 aromatic carbocycles. The first-order valence-corrected chi connectivity index (χ1v) is 24.0. The maximum Gasteiger partial charge on any atom is 0.0468 e. The van der Waals surface area contributed by atoms with Gasteiger partial charge in [0, 0.05) is 39.5 Å². The molecule has 1 aliphatic rings. The van der Waals surface area contributed by atoms with Crippen LogP contribution in [0.1, 0.15) is 25.0 Å². The van der Waals surface area contributed by atoms with Crippen LogP contribution in [0.25, 0.3) is 76.5 Å². The fourth-order valence-electron chi connectivity index (χ4n) is 11.1. The van der Waals surface area contributed by atoms with Crippen LogP contribution in [0, 0.1) is 0 Å². The van der Waals surface area contributed by atoms with Crippen LogP contribution in [0.3, 0.4) is 0 Å². The van der Waals surface area contributed by atoms with Crippen molar-refractivity contribution in [2.75, 3.05) is 9.80 Å². The highest BCUT2D eigenvalue weighted by atomic mass is 15.1. The van der Waals surface area contributed by atoms with E-state index in [1.54, 1.807) is 0 Å². The van der Waals surface area contributed by atoms with Gasteiger partial charge < -0.3 is 9.80 Å². The van der Waals surface area contributed by atoms with E-state index in [0.717, 1.165) is 34.1 Å². The number of rotatable bonds is 8. The van der Waals surface area contributed by atoms with Gasteiger partial charge in [0.15, 0.2) is 0 Å². The number of anilines is 6. The number of fused-ring (bicyclic) bond motifs is 7. The molecule has 0 aromatic heterocycles. The topological polar surface area (TPSA) is 6.48 Å². The molecule has 0 heterocycles. The number of nitrogens with zero attached hydrogens (tertiary/aromatic N) is 2. The lowest BCUT2D eigenvalue weighted by Gasteiger charge is -2.29. The summed E-state index contributed by atoms with van der Waals surface area (Å²) in [6.45, 7) is 4.79. The smallest absolute Gasteiger partial charge is 0.0468 e. The molecular weight excluding hydrogens is 833 g/mol. The molecule has 0 amide bonds. The Hall–Kier alpha value is -8.72. The SMILES string of the molecule is CC1(C)c2cc(N(c3ccc(-c4cccc5ccccc45)cc3)c3ccc4ccccc4c3)ccc2-c2ccc(N(c3ccc(-c4cccc5ccccc45)cc3)c3ccc4ccccc4c3)cc21. The summed E-state index contributed by atoms with van der Waals surface area (Å²) in [5, 5.41) is 9.91. The van der Waals surface area contributed by atoms with E-state index in [9.17, 15) is 0 Å². The number of benzene rings is 12. The van der Waals surface area contributed by atoms with Crippen molar-refractivity contribution in [2.24, 2.45) is 0 Å². The second-order valence-corrected chi connectivity index (χ2v) is 19.0. The van der Waals surface area contributed by atoms with Gasteiger partial charge in [-0.25, -0.2) is 0 Å². The molecule has 2 nitrogen and oxygen atoms in total. The zero-order valence-corrected chi connectivity index (χ0v) is 38.6. The van der Waals surface area contributed by atoms with E-state index in [2.05, 4.69) is 278 Å². The average molecular weight is 881 g/mol. The second kappa shape index (κ2) is 16.3. The first kappa shape index (κ1) is 40.5. The van der Waals surface area contributed by atoms with Gasteiger partial charge in [-0.05, 0) is 160 Å². The van der Waals surface area contributed by atoms with Crippen LogP contribution < -0.4 is 9.80 Å². The molecule has 12 aromatic rings. The molecule has 0 atom stereocenters. The molecule has 326 valence electrons. The first-order chi connectivity index (χ1) is 33.9. The average Bonchev–Trinajstić information content (AvgIpc) is 3.63. The summed E-state index contributed by atoms with van der Waals surface area (Å²) in [5.74, 6) is 0. The fourth-order valence-corrected chi connectivity index (χ4v) is 11.1. The Labute approximate surface area is 403 Å². The molecule has 0 bridgehead atoms. The highest BCUT2D eigenvalue weighted by Gasteiger charge is 2.37. The quantitative estimate of drug-likeness (QED) is 0.150. The van der Waals surface area contributed by atoms with Gasteiger partial charge in [-0.3, -0.25) is 0 Å². The lowest BCUT2D eigenvalue weighted by Crippen LogP contribution is -2.17. The Bertz CT molecular complexity index is 3670. The van der Waals surface area contributed by atoms with E-state index >= 15 is 0 Å². The van der Waals surface area contributed by atoms with Crippen molar-refractivity contribution in [3.63, 3.8) is 0 Å². The lowest BCUT2D eigenvalue weighted by molar-refractivity contribution is 0.660. The molecule has 0 spiro atoms. The minimum atomic E-state index is -0.281. The first-order valence-electron chi connectivity index (χ1n) is 24.0. The van der Waals surface area contributed by atoms with Gasteiger partial charge in [0.1, 0.15) is 0 Å². The van der Waals surface area contributed by atoms with E-state index in [0.29, 0.717) is 0 Å². The van der Waals surface area contributed by atoms with Crippen molar-refractivity contribution >= 4 is 77.2 Å². The Morgan fingerprint density at radius 1 is 0.246 bits per heavy atom. The minimum Gasteiger partial charge on any atom is -0.310 e. The number of hydrogen-bond acceptors (Lipinski definition) is 2. The molecule has 0 saturated carbocycles. The van der Waals surface area contributed by atoms with E-state index in [1.807, 2.05) is 0 Å². The summed E-state index contributed by atoms with van der Waals surface area (Å²) in [4.78, 5) is 4.85. The van der Waals surface area contributed by atoms with Gasteiger partial charge in [0.25, 0.3) is 0 Å². The van der Waals surface area contributed by atoms with Gasteiger partial charge >= 0.3 is 0 Å². The monoisotopic (exact) mass is 880 g/mol. The van der Waals surface area contributed by atoms with Crippen molar-refractivity contribution in [1.82, 2.24) is 0 Å². The highest BCUT2D eigenvalue weighted by molar-refractivity contribution is 5.99. The van der Waals surface area contributed by atoms with E-state index in [4.69, 9.17) is 0 Å². The third-order valence-electron chi connectivity index (χ3n) is 14.6. The van der Waals surface area contributed by atoms with Gasteiger partial charge in [0.05, 0.1) is 0 Å². The summed E-state index contributed by atoms with van der Waals surface area (Å²) in [6, 6.07) is 93.8. The molecule has 1 aliphatic carbocycles. The largest absolute Gasteiger partial charge is 0.310 e. The molecule has 0 fully saturated rings. The normalized spacial score (nSPS) is 12.6. The molecular formula is C67H48N2.